The monoisotopic (exact) mass is 236 g/mol. The molecule has 1 aliphatic heterocycles. The highest BCUT2D eigenvalue weighted by Crippen LogP contribution is 2.10. The van der Waals surface area contributed by atoms with Crippen molar-refractivity contribution in [2.45, 2.75) is 32.4 Å². The van der Waals surface area contributed by atoms with Crippen molar-refractivity contribution < 1.29 is 4.39 Å². The van der Waals surface area contributed by atoms with E-state index in [2.05, 4.69) is 17.1 Å². The van der Waals surface area contributed by atoms with E-state index in [1.807, 2.05) is 12.1 Å². The Bertz CT molecular complexity index is 337. The summed E-state index contributed by atoms with van der Waals surface area (Å²) in [6, 6.07) is 7.33. The first-order chi connectivity index (χ1) is 8.28. The summed E-state index contributed by atoms with van der Waals surface area (Å²) < 4.78 is 12.8. The van der Waals surface area contributed by atoms with Gasteiger partial charge in [-0.25, -0.2) is 4.39 Å². The number of nitrogens with one attached hydrogen (secondary N) is 1. The van der Waals surface area contributed by atoms with Crippen molar-refractivity contribution in [1.82, 2.24) is 10.2 Å². The molecule has 1 unspecified atom stereocenters. The summed E-state index contributed by atoms with van der Waals surface area (Å²) in [7, 11) is 0. The minimum atomic E-state index is -0.163. The summed E-state index contributed by atoms with van der Waals surface area (Å²) in [6.45, 7) is 6.54. The van der Waals surface area contributed by atoms with Gasteiger partial charge in [-0.2, -0.15) is 0 Å². The van der Waals surface area contributed by atoms with E-state index in [0.29, 0.717) is 6.04 Å². The third-order valence-corrected chi connectivity index (χ3v) is 3.46. The van der Waals surface area contributed by atoms with Gasteiger partial charge in [0.05, 0.1) is 0 Å². The van der Waals surface area contributed by atoms with Gasteiger partial charge in [-0.3, -0.25) is 0 Å². The lowest BCUT2D eigenvalue weighted by Crippen LogP contribution is -2.45. The minimum Gasteiger partial charge on any atom is -0.309 e. The summed E-state index contributed by atoms with van der Waals surface area (Å²) in [5, 5.41) is 3.56. The molecule has 1 fully saturated rings. The first-order valence-corrected chi connectivity index (χ1v) is 6.48. The zero-order valence-electron chi connectivity index (χ0n) is 10.5. The number of hydrogen-bond donors (Lipinski definition) is 1. The molecule has 1 aliphatic rings. The summed E-state index contributed by atoms with van der Waals surface area (Å²) in [4.78, 5) is 2.48. The Morgan fingerprint density at radius 1 is 1.35 bits per heavy atom. The number of hydrogen-bond acceptors (Lipinski definition) is 2. The molecule has 0 aromatic heterocycles. The van der Waals surface area contributed by atoms with Crippen LogP contribution in [0.15, 0.2) is 24.3 Å². The Balaban J connectivity index is 1.79. The van der Waals surface area contributed by atoms with Gasteiger partial charge in [-0.1, -0.05) is 19.1 Å². The Kier molecular flexibility index (Phi) is 4.51. The molecule has 0 radical (unpaired) electrons. The zero-order valence-corrected chi connectivity index (χ0v) is 10.5. The third kappa shape index (κ3) is 3.79. The molecule has 1 heterocycles. The maximum absolute atomic E-state index is 12.8. The van der Waals surface area contributed by atoms with Crippen molar-refractivity contribution in [2.24, 2.45) is 0 Å². The first kappa shape index (κ1) is 12.5. The molecule has 0 saturated carbocycles. The molecule has 17 heavy (non-hydrogen) atoms. The molecular formula is C14H21FN2. The molecular weight excluding hydrogens is 215 g/mol. The number of halogens is 1. The standard InChI is InChI=1S/C14H21FN2/c1-2-17-9-3-4-14(11-17)16-10-12-5-7-13(15)8-6-12/h5-8,14,16H,2-4,9-11H2,1H3. The van der Waals surface area contributed by atoms with E-state index in [-0.39, 0.29) is 5.82 Å². The third-order valence-electron chi connectivity index (χ3n) is 3.46. The smallest absolute Gasteiger partial charge is 0.123 e. The van der Waals surface area contributed by atoms with Gasteiger partial charge >= 0.3 is 0 Å². The van der Waals surface area contributed by atoms with E-state index in [0.717, 1.165) is 25.2 Å². The van der Waals surface area contributed by atoms with Crippen LogP contribution in [-0.2, 0) is 6.54 Å². The van der Waals surface area contributed by atoms with E-state index in [9.17, 15) is 4.39 Å². The number of likely N-dealkylation sites (tertiary alicyclic amines) is 1. The topological polar surface area (TPSA) is 15.3 Å². The maximum Gasteiger partial charge on any atom is 0.123 e. The number of piperidine rings is 1. The van der Waals surface area contributed by atoms with Gasteiger partial charge in [0.1, 0.15) is 5.82 Å². The number of rotatable bonds is 4. The van der Waals surface area contributed by atoms with Crippen LogP contribution in [0.25, 0.3) is 0 Å². The van der Waals surface area contributed by atoms with E-state index >= 15 is 0 Å². The van der Waals surface area contributed by atoms with Gasteiger partial charge in [-0.15, -0.1) is 0 Å². The summed E-state index contributed by atoms with van der Waals surface area (Å²) >= 11 is 0. The predicted molar refractivity (Wildman–Crippen MR) is 68.4 cm³/mol. The molecule has 0 bridgehead atoms. The van der Waals surface area contributed by atoms with Crippen molar-refractivity contribution in [1.29, 1.82) is 0 Å². The lowest BCUT2D eigenvalue weighted by atomic mass is 10.1. The molecule has 1 saturated heterocycles. The Morgan fingerprint density at radius 3 is 2.82 bits per heavy atom. The van der Waals surface area contributed by atoms with Crippen LogP contribution in [0.2, 0.25) is 0 Å². The average Bonchev–Trinajstić information content (AvgIpc) is 2.38. The van der Waals surface area contributed by atoms with Crippen molar-refractivity contribution in [2.75, 3.05) is 19.6 Å². The quantitative estimate of drug-likeness (QED) is 0.863. The Morgan fingerprint density at radius 2 is 2.12 bits per heavy atom. The van der Waals surface area contributed by atoms with Crippen LogP contribution in [-0.4, -0.2) is 30.6 Å². The fourth-order valence-electron chi connectivity index (χ4n) is 2.37. The molecule has 0 amide bonds. The molecule has 0 spiro atoms. The SMILES string of the molecule is CCN1CCCC(NCc2ccc(F)cc2)C1. The second-order valence-electron chi connectivity index (χ2n) is 4.74. The van der Waals surface area contributed by atoms with E-state index in [4.69, 9.17) is 0 Å². The summed E-state index contributed by atoms with van der Waals surface area (Å²) in [5.41, 5.74) is 1.15. The number of nitrogens with zero attached hydrogens (tertiary/aromatic N) is 1. The van der Waals surface area contributed by atoms with Crippen LogP contribution >= 0.6 is 0 Å². The van der Waals surface area contributed by atoms with Crippen molar-refractivity contribution in [3.8, 4) is 0 Å². The van der Waals surface area contributed by atoms with Gasteiger partial charge in [0.2, 0.25) is 0 Å². The normalized spacial score (nSPS) is 21.6. The Hall–Kier alpha value is -0.930. The summed E-state index contributed by atoms with van der Waals surface area (Å²) in [5.74, 6) is -0.163. The molecule has 2 nitrogen and oxygen atoms in total. The van der Waals surface area contributed by atoms with Gasteiger partial charge in [0.15, 0.2) is 0 Å². The van der Waals surface area contributed by atoms with Crippen molar-refractivity contribution in [3.63, 3.8) is 0 Å². The van der Waals surface area contributed by atoms with Crippen LogP contribution in [0.3, 0.4) is 0 Å². The van der Waals surface area contributed by atoms with E-state index < -0.39 is 0 Å². The highest BCUT2D eigenvalue weighted by Gasteiger charge is 2.17. The average molecular weight is 236 g/mol. The fraction of sp³-hybridized carbons (Fsp3) is 0.571. The second kappa shape index (κ2) is 6.12. The van der Waals surface area contributed by atoms with Gasteiger partial charge < -0.3 is 10.2 Å². The van der Waals surface area contributed by atoms with Gasteiger partial charge in [-0.05, 0) is 43.6 Å². The molecule has 2 rings (SSSR count). The van der Waals surface area contributed by atoms with E-state index in [1.54, 1.807) is 0 Å². The molecule has 3 heteroatoms. The minimum absolute atomic E-state index is 0.163. The first-order valence-electron chi connectivity index (χ1n) is 6.48. The van der Waals surface area contributed by atoms with Crippen molar-refractivity contribution >= 4 is 0 Å². The van der Waals surface area contributed by atoms with Crippen LogP contribution in [0.5, 0.6) is 0 Å². The number of benzene rings is 1. The van der Waals surface area contributed by atoms with Crippen LogP contribution in [0.4, 0.5) is 4.39 Å². The lowest BCUT2D eigenvalue weighted by molar-refractivity contribution is 0.198. The molecule has 94 valence electrons. The van der Waals surface area contributed by atoms with Crippen LogP contribution < -0.4 is 5.32 Å². The molecule has 1 aromatic rings. The van der Waals surface area contributed by atoms with Crippen LogP contribution in [0, 0.1) is 5.82 Å². The van der Waals surface area contributed by atoms with Crippen LogP contribution in [0.1, 0.15) is 25.3 Å². The highest BCUT2D eigenvalue weighted by molar-refractivity contribution is 5.15. The Labute approximate surface area is 103 Å². The summed E-state index contributed by atoms with van der Waals surface area (Å²) in [6.07, 6.45) is 2.52. The zero-order chi connectivity index (χ0) is 12.1. The predicted octanol–water partition coefficient (Wildman–Crippen LogP) is 2.40. The number of likely N-dealkylation sites (N-methyl/N-ethyl adjacent to an activating group) is 1. The van der Waals surface area contributed by atoms with E-state index in [1.165, 1.54) is 31.5 Å². The maximum atomic E-state index is 12.8. The largest absolute Gasteiger partial charge is 0.309 e. The fourth-order valence-corrected chi connectivity index (χ4v) is 2.37. The van der Waals surface area contributed by atoms with Gasteiger partial charge in [0, 0.05) is 19.1 Å². The second-order valence-corrected chi connectivity index (χ2v) is 4.74. The highest BCUT2D eigenvalue weighted by atomic mass is 19.1. The van der Waals surface area contributed by atoms with Crippen molar-refractivity contribution in [3.05, 3.63) is 35.6 Å². The molecule has 1 atom stereocenters. The van der Waals surface area contributed by atoms with Gasteiger partial charge in [0.25, 0.3) is 0 Å². The molecule has 0 aliphatic carbocycles. The molecule has 1 N–H and O–H groups in total. The molecule has 1 aromatic carbocycles. The lowest BCUT2D eigenvalue weighted by Gasteiger charge is -2.32.